The Morgan fingerprint density at radius 3 is 2.65 bits per heavy atom. The van der Waals surface area contributed by atoms with Crippen LogP contribution in [0.5, 0.6) is 5.75 Å². The number of rotatable bonds is 7. The van der Waals surface area contributed by atoms with Gasteiger partial charge in [-0.05, 0) is 35.4 Å². The highest BCUT2D eigenvalue weighted by molar-refractivity contribution is 5.69. The molecule has 0 spiro atoms. The fourth-order valence-electron chi connectivity index (χ4n) is 1.95. The molecule has 0 radical (unpaired) electrons. The van der Waals surface area contributed by atoms with Crippen LogP contribution in [-0.4, -0.2) is 29.4 Å². The third kappa shape index (κ3) is 4.53. The normalized spacial score (nSPS) is 11.4. The molecular formula is C16H24O4. The van der Waals surface area contributed by atoms with Gasteiger partial charge >= 0.3 is 5.97 Å². The van der Waals surface area contributed by atoms with Crippen LogP contribution in [0.25, 0.3) is 0 Å². The van der Waals surface area contributed by atoms with Crippen molar-refractivity contribution in [1.82, 2.24) is 0 Å². The number of ether oxygens (including phenoxy) is 1. The van der Waals surface area contributed by atoms with E-state index in [4.69, 9.17) is 9.84 Å². The van der Waals surface area contributed by atoms with Crippen molar-refractivity contribution < 1.29 is 19.7 Å². The molecule has 4 nitrogen and oxygen atoms in total. The number of aliphatic hydroxyl groups is 1. The summed E-state index contributed by atoms with van der Waals surface area (Å²) in [5.74, 6) is -0.0214. The van der Waals surface area contributed by atoms with Gasteiger partial charge in [0, 0.05) is 6.42 Å². The Kier molecular flexibility index (Phi) is 6.02. The first-order valence-corrected chi connectivity index (χ1v) is 6.99. The molecule has 0 unspecified atom stereocenters. The van der Waals surface area contributed by atoms with Crippen LogP contribution in [0.4, 0.5) is 0 Å². The summed E-state index contributed by atoms with van der Waals surface area (Å²) in [6.45, 7) is 6.14. The second kappa shape index (κ2) is 7.29. The zero-order chi connectivity index (χ0) is 15.2. The van der Waals surface area contributed by atoms with Crippen LogP contribution in [0.2, 0.25) is 0 Å². The van der Waals surface area contributed by atoms with Crippen LogP contribution < -0.4 is 0 Å². The van der Waals surface area contributed by atoms with Gasteiger partial charge in [0.05, 0.1) is 6.61 Å². The van der Waals surface area contributed by atoms with E-state index in [2.05, 4.69) is 20.8 Å². The predicted molar refractivity (Wildman–Crippen MR) is 77.8 cm³/mol. The molecule has 0 saturated carbocycles. The van der Waals surface area contributed by atoms with Gasteiger partial charge in [-0.3, -0.25) is 4.79 Å². The summed E-state index contributed by atoms with van der Waals surface area (Å²) in [6, 6.07) is 5.46. The first-order chi connectivity index (χ1) is 9.40. The van der Waals surface area contributed by atoms with Crippen LogP contribution in [0.3, 0.4) is 0 Å². The molecule has 0 fully saturated rings. The van der Waals surface area contributed by atoms with Gasteiger partial charge in [-0.1, -0.05) is 32.9 Å². The van der Waals surface area contributed by atoms with Gasteiger partial charge in [0.25, 0.3) is 0 Å². The maximum atomic E-state index is 11.4. The number of carbonyl (C=O) groups is 1. The van der Waals surface area contributed by atoms with E-state index in [0.717, 1.165) is 17.5 Å². The van der Waals surface area contributed by atoms with Gasteiger partial charge in [0.2, 0.25) is 0 Å². The van der Waals surface area contributed by atoms with Crippen molar-refractivity contribution in [3.8, 4) is 5.75 Å². The lowest BCUT2D eigenvalue weighted by Crippen LogP contribution is -2.16. The number of esters is 1. The monoisotopic (exact) mass is 280 g/mol. The van der Waals surface area contributed by atoms with Crippen molar-refractivity contribution in [2.24, 2.45) is 0 Å². The van der Waals surface area contributed by atoms with E-state index in [0.29, 0.717) is 12.2 Å². The lowest BCUT2D eigenvalue weighted by atomic mass is 9.81. The SMILES string of the molecule is CCC(C)(C)c1cc(CCC(=O)OCCO)ccc1O. The number of phenols is 1. The molecule has 4 heteroatoms. The summed E-state index contributed by atoms with van der Waals surface area (Å²) in [5.41, 5.74) is 1.80. The number of benzene rings is 1. The average molecular weight is 280 g/mol. The number of hydrogen-bond donors (Lipinski definition) is 2. The molecule has 20 heavy (non-hydrogen) atoms. The molecule has 112 valence electrons. The maximum Gasteiger partial charge on any atom is 0.306 e. The molecule has 0 amide bonds. The van der Waals surface area contributed by atoms with Gasteiger partial charge in [0.1, 0.15) is 12.4 Å². The summed E-state index contributed by atoms with van der Waals surface area (Å²) in [4.78, 5) is 11.4. The minimum atomic E-state index is -0.316. The highest BCUT2D eigenvalue weighted by atomic mass is 16.5. The van der Waals surface area contributed by atoms with Gasteiger partial charge in [-0.25, -0.2) is 0 Å². The van der Waals surface area contributed by atoms with E-state index in [9.17, 15) is 9.90 Å². The Morgan fingerprint density at radius 1 is 1.35 bits per heavy atom. The second-order valence-electron chi connectivity index (χ2n) is 5.53. The van der Waals surface area contributed by atoms with Crippen molar-refractivity contribution in [3.05, 3.63) is 29.3 Å². The van der Waals surface area contributed by atoms with Crippen LogP contribution in [0.15, 0.2) is 18.2 Å². The number of carbonyl (C=O) groups excluding carboxylic acids is 1. The van der Waals surface area contributed by atoms with Gasteiger partial charge in [0.15, 0.2) is 0 Å². The second-order valence-corrected chi connectivity index (χ2v) is 5.53. The highest BCUT2D eigenvalue weighted by Gasteiger charge is 2.22. The number of aryl methyl sites for hydroxylation is 1. The van der Waals surface area contributed by atoms with E-state index in [1.165, 1.54) is 0 Å². The van der Waals surface area contributed by atoms with E-state index in [1.54, 1.807) is 6.07 Å². The summed E-state index contributed by atoms with van der Waals surface area (Å²) in [7, 11) is 0. The van der Waals surface area contributed by atoms with E-state index in [1.807, 2.05) is 12.1 Å². The Morgan fingerprint density at radius 2 is 2.05 bits per heavy atom. The van der Waals surface area contributed by atoms with E-state index >= 15 is 0 Å². The number of phenolic OH excluding ortho intramolecular Hbond substituents is 1. The fourth-order valence-corrected chi connectivity index (χ4v) is 1.95. The fraction of sp³-hybridized carbons (Fsp3) is 0.562. The van der Waals surface area contributed by atoms with Crippen LogP contribution >= 0.6 is 0 Å². The summed E-state index contributed by atoms with van der Waals surface area (Å²) in [5, 5.41) is 18.6. The smallest absolute Gasteiger partial charge is 0.306 e. The van der Waals surface area contributed by atoms with E-state index < -0.39 is 0 Å². The molecular weight excluding hydrogens is 256 g/mol. The summed E-state index contributed by atoms with van der Waals surface area (Å²) in [6.07, 6.45) is 1.76. The lowest BCUT2D eigenvalue weighted by Gasteiger charge is -2.25. The Balaban J connectivity index is 2.73. The molecule has 0 aliphatic rings. The highest BCUT2D eigenvalue weighted by Crippen LogP contribution is 2.34. The van der Waals surface area contributed by atoms with Gasteiger partial charge < -0.3 is 14.9 Å². The molecule has 0 saturated heterocycles. The molecule has 0 aliphatic heterocycles. The van der Waals surface area contributed by atoms with E-state index in [-0.39, 0.29) is 31.0 Å². The maximum absolute atomic E-state index is 11.4. The van der Waals surface area contributed by atoms with Crippen molar-refractivity contribution >= 4 is 5.97 Å². The minimum absolute atomic E-state index is 0.0442. The number of hydrogen-bond acceptors (Lipinski definition) is 4. The Hall–Kier alpha value is -1.55. The quantitative estimate of drug-likeness (QED) is 0.753. The number of aliphatic hydroxyl groups excluding tert-OH is 1. The molecule has 0 aromatic heterocycles. The number of aromatic hydroxyl groups is 1. The molecule has 0 heterocycles. The van der Waals surface area contributed by atoms with Gasteiger partial charge in [-0.2, -0.15) is 0 Å². The topological polar surface area (TPSA) is 66.8 Å². The summed E-state index contributed by atoms with van der Waals surface area (Å²) >= 11 is 0. The van der Waals surface area contributed by atoms with Crippen LogP contribution in [-0.2, 0) is 21.4 Å². The largest absolute Gasteiger partial charge is 0.508 e. The average Bonchev–Trinajstić information content (AvgIpc) is 2.43. The third-order valence-corrected chi connectivity index (χ3v) is 3.65. The first kappa shape index (κ1) is 16.5. The molecule has 1 aromatic rings. The summed E-state index contributed by atoms with van der Waals surface area (Å²) < 4.78 is 4.82. The Labute approximate surface area is 120 Å². The lowest BCUT2D eigenvalue weighted by molar-refractivity contribution is -0.144. The van der Waals surface area contributed by atoms with Crippen molar-refractivity contribution in [2.45, 2.75) is 45.4 Å². The van der Waals surface area contributed by atoms with Crippen molar-refractivity contribution in [2.75, 3.05) is 13.2 Å². The standard InChI is InChI=1S/C16H24O4/c1-4-16(2,3)13-11-12(5-7-14(13)18)6-8-15(19)20-10-9-17/h5,7,11,17-18H,4,6,8-10H2,1-3H3. The van der Waals surface area contributed by atoms with Gasteiger partial charge in [-0.15, -0.1) is 0 Å². The molecule has 0 aliphatic carbocycles. The first-order valence-electron chi connectivity index (χ1n) is 6.99. The van der Waals surface area contributed by atoms with Crippen molar-refractivity contribution in [1.29, 1.82) is 0 Å². The molecule has 0 atom stereocenters. The molecule has 1 aromatic carbocycles. The van der Waals surface area contributed by atoms with Crippen molar-refractivity contribution in [3.63, 3.8) is 0 Å². The molecule has 1 rings (SSSR count). The van der Waals surface area contributed by atoms with Crippen LogP contribution in [0, 0.1) is 0 Å². The third-order valence-electron chi connectivity index (χ3n) is 3.65. The molecule has 0 bridgehead atoms. The minimum Gasteiger partial charge on any atom is -0.508 e. The molecule has 2 N–H and O–H groups in total. The zero-order valence-corrected chi connectivity index (χ0v) is 12.5. The van der Waals surface area contributed by atoms with Crippen LogP contribution in [0.1, 0.15) is 44.7 Å². The zero-order valence-electron chi connectivity index (χ0n) is 12.5. The predicted octanol–water partition coefficient (Wildman–Crippen LogP) is 2.55. The Bertz CT molecular complexity index is 452.